The van der Waals surface area contributed by atoms with Gasteiger partial charge in [0, 0.05) is 19.7 Å². The molecule has 0 radical (unpaired) electrons. The van der Waals surface area contributed by atoms with Gasteiger partial charge in [-0.2, -0.15) is 0 Å². The highest BCUT2D eigenvalue weighted by Crippen LogP contribution is 2.20. The average molecular weight is 453 g/mol. The molecule has 0 saturated heterocycles. The van der Waals surface area contributed by atoms with Crippen molar-refractivity contribution in [3.63, 3.8) is 0 Å². The molecule has 3 aromatic rings. The maximum absolute atomic E-state index is 12.7. The average Bonchev–Trinajstić information content (AvgIpc) is 2.78. The van der Waals surface area contributed by atoms with Gasteiger partial charge in [-0.05, 0) is 48.9 Å². The fourth-order valence-electron chi connectivity index (χ4n) is 2.98. The maximum Gasteiger partial charge on any atom is 0.340 e. The summed E-state index contributed by atoms with van der Waals surface area (Å²) in [6, 6.07) is 19.9. The molecular weight excluding hydrogens is 428 g/mol. The highest BCUT2D eigenvalue weighted by Gasteiger charge is 2.19. The number of nitrogens with one attached hydrogen (secondary N) is 1. The van der Waals surface area contributed by atoms with E-state index in [0.29, 0.717) is 16.8 Å². The number of anilines is 1. The van der Waals surface area contributed by atoms with E-state index < -0.39 is 16.0 Å². The van der Waals surface area contributed by atoms with Crippen LogP contribution in [-0.2, 0) is 21.4 Å². The zero-order valence-electron chi connectivity index (χ0n) is 18.0. The first-order valence-electron chi connectivity index (χ1n) is 9.84. The van der Waals surface area contributed by atoms with Crippen molar-refractivity contribution in [1.29, 1.82) is 0 Å². The lowest BCUT2D eigenvalue weighted by molar-refractivity contribution is 0.0473. The number of carbonyl (C=O) groups is 2. The number of hydrogen-bond donors (Lipinski definition) is 1. The summed E-state index contributed by atoms with van der Waals surface area (Å²) in [5.41, 5.74) is 2.48. The fraction of sp³-hybridized carbons (Fsp3) is 0.167. The molecule has 0 bridgehead atoms. The number of ether oxygens (including phenoxy) is 1. The van der Waals surface area contributed by atoms with Crippen LogP contribution >= 0.6 is 0 Å². The van der Waals surface area contributed by atoms with Gasteiger partial charge in [-0.3, -0.25) is 4.79 Å². The van der Waals surface area contributed by atoms with Crippen LogP contribution in [0.4, 0.5) is 5.69 Å². The van der Waals surface area contributed by atoms with Crippen LogP contribution in [0, 0.1) is 6.92 Å². The smallest absolute Gasteiger partial charge is 0.340 e. The Hall–Kier alpha value is -3.49. The number of nitrogens with zero attached hydrogens (tertiary/aromatic N) is 1. The summed E-state index contributed by atoms with van der Waals surface area (Å²) in [6.07, 6.45) is 0. The molecule has 0 aliphatic carbocycles. The molecule has 1 amide bonds. The lowest BCUT2D eigenvalue weighted by Gasteiger charge is -2.13. The first-order valence-corrected chi connectivity index (χ1v) is 11.3. The molecule has 3 rings (SSSR count). The molecule has 0 unspecified atom stereocenters. The van der Waals surface area contributed by atoms with Crippen molar-refractivity contribution in [2.24, 2.45) is 0 Å². The molecule has 0 heterocycles. The van der Waals surface area contributed by atoms with Crippen LogP contribution in [0.2, 0.25) is 0 Å². The second-order valence-corrected chi connectivity index (χ2v) is 9.53. The molecule has 0 aromatic heterocycles. The summed E-state index contributed by atoms with van der Waals surface area (Å²) in [5, 5.41) is 2.75. The fourth-order valence-corrected chi connectivity index (χ4v) is 3.96. The molecule has 0 fully saturated rings. The van der Waals surface area contributed by atoms with Gasteiger partial charge in [-0.25, -0.2) is 17.5 Å². The van der Waals surface area contributed by atoms with E-state index in [4.69, 9.17) is 4.74 Å². The normalized spacial score (nSPS) is 11.2. The topological polar surface area (TPSA) is 92.8 Å². The van der Waals surface area contributed by atoms with Gasteiger partial charge in [0.2, 0.25) is 10.0 Å². The summed E-state index contributed by atoms with van der Waals surface area (Å²) in [6.45, 7) is 1.77. The molecular formula is C24H24N2O5S. The van der Waals surface area contributed by atoms with E-state index in [-0.39, 0.29) is 23.0 Å². The predicted octanol–water partition coefficient (Wildman–Crippen LogP) is 3.85. The van der Waals surface area contributed by atoms with Crippen molar-refractivity contribution in [3.05, 3.63) is 95.1 Å². The second-order valence-electron chi connectivity index (χ2n) is 7.38. The molecule has 0 saturated carbocycles. The maximum atomic E-state index is 12.7. The molecule has 0 spiro atoms. The summed E-state index contributed by atoms with van der Waals surface area (Å²) < 4.78 is 31.1. The van der Waals surface area contributed by atoms with E-state index >= 15 is 0 Å². The highest BCUT2D eigenvalue weighted by molar-refractivity contribution is 7.89. The SMILES string of the molecule is Cc1cccc(C(=O)Nc2ccccc2C(=O)OCc2cccc(S(=O)(=O)N(C)C)c2)c1. The zero-order valence-corrected chi connectivity index (χ0v) is 18.8. The quantitative estimate of drug-likeness (QED) is 0.550. The third-order valence-electron chi connectivity index (χ3n) is 4.72. The number of aryl methyl sites for hydroxylation is 1. The Kier molecular flexibility index (Phi) is 7.07. The van der Waals surface area contributed by atoms with Crippen molar-refractivity contribution in [1.82, 2.24) is 4.31 Å². The third-order valence-corrected chi connectivity index (χ3v) is 6.53. The molecule has 166 valence electrons. The first-order chi connectivity index (χ1) is 15.2. The van der Waals surface area contributed by atoms with Crippen LogP contribution in [-0.4, -0.2) is 38.7 Å². The lowest BCUT2D eigenvalue weighted by Crippen LogP contribution is -2.22. The molecule has 0 aliphatic rings. The van der Waals surface area contributed by atoms with Gasteiger partial charge in [-0.15, -0.1) is 0 Å². The van der Waals surface area contributed by atoms with E-state index in [1.165, 1.54) is 26.2 Å². The number of benzene rings is 3. The van der Waals surface area contributed by atoms with Gasteiger partial charge in [0.1, 0.15) is 6.61 Å². The van der Waals surface area contributed by atoms with Crippen LogP contribution in [0.25, 0.3) is 0 Å². The Bertz CT molecular complexity index is 1250. The number of amides is 1. The van der Waals surface area contributed by atoms with Crippen molar-refractivity contribution < 1.29 is 22.7 Å². The Morgan fingerprint density at radius 3 is 2.38 bits per heavy atom. The van der Waals surface area contributed by atoms with Crippen molar-refractivity contribution in [3.8, 4) is 0 Å². The van der Waals surface area contributed by atoms with Gasteiger partial charge < -0.3 is 10.1 Å². The van der Waals surface area contributed by atoms with Crippen LogP contribution in [0.5, 0.6) is 0 Å². The minimum atomic E-state index is -3.59. The van der Waals surface area contributed by atoms with Gasteiger partial charge in [0.05, 0.1) is 16.1 Å². The Morgan fingerprint density at radius 2 is 1.66 bits per heavy atom. The largest absolute Gasteiger partial charge is 0.457 e. The number of sulfonamides is 1. The van der Waals surface area contributed by atoms with E-state index in [2.05, 4.69) is 5.32 Å². The number of carbonyl (C=O) groups excluding carboxylic acids is 2. The monoisotopic (exact) mass is 452 g/mol. The van der Waals surface area contributed by atoms with E-state index in [9.17, 15) is 18.0 Å². The Balaban J connectivity index is 1.74. The summed E-state index contributed by atoms with van der Waals surface area (Å²) in [5.74, 6) is -0.971. The van der Waals surface area contributed by atoms with Crippen LogP contribution < -0.4 is 5.32 Å². The molecule has 32 heavy (non-hydrogen) atoms. The number of para-hydroxylation sites is 1. The van der Waals surface area contributed by atoms with Gasteiger partial charge in [0.15, 0.2) is 0 Å². The van der Waals surface area contributed by atoms with Gasteiger partial charge in [-0.1, -0.05) is 42.0 Å². The van der Waals surface area contributed by atoms with Crippen LogP contribution in [0.3, 0.4) is 0 Å². The number of hydrogen-bond acceptors (Lipinski definition) is 5. The summed E-state index contributed by atoms with van der Waals surface area (Å²) in [7, 11) is -0.698. The van der Waals surface area contributed by atoms with Crippen molar-refractivity contribution >= 4 is 27.6 Å². The molecule has 8 heteroatoms. The molecule has 1 N–H and O–H groups in total. The van der Waals surface area contributed by atoms with E-state index in [1.54, 1.807) is 54.6 Å². The highest BCUT2D eigenvalue weighted by atomic mass is 32.2. The second kappa shape index (κ2) is 9.76. The Labute approximate surface area is 187 Å². The third kappa shape index (κ3) is 5.40. The zero-order chi connectivity index (χ0) is 23.3. The molecule has 3 aromatic carbocycles. The first kappa shape index (κ1) is 23.2. The van der Waals surface area contributed by atoms with Crippen molar-refractivity contribution in [2.75, 3.05) is 19.4 Å². The minimum absolute atomic E-state index is 0.113. The number of esters is 1. The molecule has 7 nitrogen and oxygen atoms in total. The van der Waals surface area contributed by atoms with Crippen LogP contribution in [0.15, 0.2) is 77.7 Å². The number of rotatable bonds is 7. The predicted molar refractivity (Wildman–Crippen MR) is 122 cm³/mol. The van der Waals surface area contributed by atoms with Gasteiger partial charge in [0.25, 0.3) is 5.91 Å². The minimum Gasteiger partial charge on any atom is -0.457 e. The van der Waals surface area contributed by atoms with E-state index in [1.807, 2.05) is 13.0 Å². The molecule has 0 atom stereocenters. The van der Waals surface area contributed by atoms with Crippen molar-refractivity contribution in [2.45, 2.75) is 18.4 Å². The summed E-state index contributed by atoms with van der Waals surface area (Å²) >= 11 is 0. The summed E-state index contributed by atoms with van der Waals surface area (Å²) in [4.78, 5) is 25.4. The standard InChI is InChI=1S/C24H24N2O5S/c1-17-8-6-10-19(14-17)23(27)25-22-13-5-4-12-21(22)24(28)31-16-18-9-7-11-20(15-18)32(29,30)26(2)3/h4-15H,16H2,1-3H3,(H,25,27). The van der Waals surface area contributed by atoms with Crippen LogP contribution in [0.1, 0.15) is 31.8 Å². The Morgan fingerprint density at radius 1 is 0.938 bits per heavy atom. The lowest BCUT2D eigenvalue weighted by atomic mass is 10.1. The molecule has 0 aliphatic heterocycles. The van der Waals surface area contributed by atoms with Gasteiger partial charge >= 0.3 is 5.97 Å². The van der Waals surface area contributed by atoms with E-state index in [0.717, 1.165) is 9.87 Å².